The van der Waals surface area contributed by atoms with E-state index in [2.05, 4.69) is 41.5 Å². The van der Waals surface area contributed by atoms with Crippen LogP contribution in [0, 0.1) is 19.8 Å². The van der Waals surface area contributed by atoms with Crippen LogP contribution < -0.4 is 5.32 Å². The molecule has 0 aliphatic carbocycles. The van der Waals surface area contributed by atoms with Crippen molar-refractivity contribution in [2.24, 2.45) is 5.92 Å². The summed E-state index contributed by atoms with van der Waals surface area (Å²) in [5.74, 6) is 0.0843. The molecule has 3 nitrogen and oxygen atoms in total. The number of nitrogens with zero attached hydrogens (tertiary/aromatic N) is 1. The van der Waals surface area contributed by atoms with Gasteiger partial charge in [0.2, 0.25) is 5.91 Å². The molecule has 1 N–H and O–H groups in total. The molecule has 0 atom stereocenters. The number of benzene rings is 1. The van der Waals surface area contributed by atoms with Crippen molar-refractivity contribution in [2.45, 2.75) is 40.7 Å². The number of carbonyl (C=O) groups excluding carboxylic acids is 1. The first-order valence-corrected chi connectivity index (χ1v) is 8.06. The first-order chi connectivity index (χ1) is 9.95. The third-order valence-electron chi connectivity index (χ3n) is 3.36. The maximum atomic E-state index is 11.6. The highest BCUT2D eigenvalue weighted by molar-refractivity contribution is 7.11. The summed E-state index contributed by atoms with van der Waals surface area (Å²) in [7, 11) is 0. The van der Waals surface area contributed by atoms with Gasteiger partial charge in [-0.15, -0.1) is 11.3 Å². The summed E-state index contributed by atoms with van der Waals surface area (Å²) in [5.41, 5.74) is 3.64. The predicted octanol–water partition coefficient (Wildman–Crippen LogP) is 3.62. The zero-order valence-electron chi connectivity index (χ0n) is 13.1. The van der Waals surface area contributed by atoms with Crippen molar-refractivity contribution in [3.8, 4) is 0 Å². The topological polar surface area (TPSA) is 42.0 Å². The molecule has 1 aromatic heterocycles. The minimum atomic E-state index is 0.0121. The van der Waals surface area contributed by atoms with Crippen LogP contribution in [-0.2, 0) is 17.8 Å². The van der Waals surface area contributed by atoms with Crippen molar-refractivity contribution in [2.75, 3.05) is 0 Å². The third-order valence-corrected chi connectivity index (χ3v) is 4.52. The predicted molar refractivity (Wildman–Crippen MR) is 87.5 cm³/mol. The number of nitrogens with one attached hydrogen (secondary N) is 1. The Morgan fingerprint density at radius 2 is 1.90 bits per heavy atom. The van der Waals surface area contributed by atoms with E-state index in [1.807, 2.05) is 20.8 Å². The van der Waals surface area contributed by atoms with Gasteiger partial charge in [-0.3, -0.25) is 4.79 Å². The second-order valence-electron chi connectivity index (χ2n) is 5.65. The van der Waals surface area contributed by atoms with Gasteiger partial charge in [0.15, 0.2) is 0 Å². The molecule has 0 fully saturated rings. The van der Waals surface area contributed by atoms with Gasteiger partial charge in [-0.25, -0.2) is 4.98 Å². The van der Waals surface area contributed by atoms with Crippen LogP contribution in [0.5, 0.6) is 0 Å². The lowest BCUT2D eigenvalue weighted by Gasteiger charge is -2.04. The summed E-state index contributed by atoms with van der Waals surface area (Å²) >= 11 is 1.69. The Hall–Kier alpha value is -1.68. The average molecular weight is 302 g/mol. The highest BCUT2D eigenvalue weighted by Crippen LogP contribution is 2.21. The monoisotopic (exact) mass is 302 g/mol. The van der Waals surface area contributed by atoms with Crippen molar-refractivity contribution >= 4 is 17.2 Å². The lowest BCUT2D eigenvalue weighted by atomic mass is 10.1. The van der Waals surface area contributed by atoms with Crippen LogP contribution in [0.3, 0.4) is 0 Å². The summed E-state index contributed by atoms with van der Waals surface area (Å²) in [6.07, 6.45) is 0.905. The molecule has 2 rings (SSSR count). The number of aryl methyl sites for hydroxylation is 2. The van der Waals surface area contributed by atoms with Crippen LogP contribution in [0.25, 0.3) is 0 Å². The van der Waals surface area contributed by atoms with Gasteiger partial charge in [-0.2, -0.15) is 0 Å². The highest BCUT2D eigenvalue weighted by atomic mass is 32.1. The third kappa shape index (κ3) is 4.39. The molecule has 2 aromatic rings. The molecular weight excluding hydrogens is 280 g/mol. The van der Waals surface area contributed by atoms with Crippen LogP contribution in [0.1, 0.15) is 40.6 Å². The second kappa shape index (κ2) is 6.85. The smallest absolute Gasteiger partial charge is 0.222 e. The molecule has 21 heavy (non-hydrogen) atoms. The first-order valence-electron chi connectivity index (χ1n) is 7.24. The summed E-state index contributed by atoms with van der Waals surface area (Å²) in [6, 6.07) is 8.59. The minimum absolute atomic E-state index is 0.0121. The molecular formula is C17H22N2OS. The zero-order valence-corrected chi connectivity index (χ0v) is 13.9. The van der Waals surface area contributed by atoms with E-state index in [1.54, 1.807) is 11.3 Å². The van der Waals surface area contributed by atoms with Crippen LogP contribution >= 0.6 is 11.3 Å². The minimum Gasteiger partial charge on any atom is -0.349 e. The van der Waals surface area contributed by atoms with Gasteiger partial charge in [0.1, 0.15) is 5.01 Å². The van der Waals surface area contributed by atoms with Gasteiger partial charge >= 0.3 is 0 Å². The number of aromatic nitrogens is 1. The molecule has 4 heteroatoms. The van der Waals surface area contributed by atoms with Gasteiger partial charge in [0.25, 0.3) is 0 Å². The standard InChI is InChI=1S/C17H22N2OS/c1-11(2)17(20)18-10-16-19-13(4)15(21-16)9-14-7-5-12(3)6-8-14/h5-8,11H,9-10H2,1-4H3,(H,18,20). The van der Waals surface area contributed by atoms with Crippen LogP contribution in [0.4, 0.5) is 0 Å². The molecule has 0 saturated heterocycles. The number of rotatable bonds is 5. The fourth-order valence-electron chi connectivity index (χ4n) is 1.99. The number of thiazole rings is 1. The Kier molecular flexibility index (Phi) is 5.12. The van der Waals surface area contributed by atoms with Gasteiger partial charge in [0, 0.05) is 17.2 Å². The quantitative estimate of drug-likeness (QED) is 0.916. The second-order valence-corrected chi connectivity index (χ2v) is 6.82. The average Bonchev–Trinajstić information content (AvgIpc) is 2.79. The van der Waals surface area contributed by atoms with E-state index < -0.39 is 0 Å². The molecule has 0 aliphatic heterocycles. The van der Waals surface area contributed by atoms with E-state index in [9.17, 15) is 4.79 Å². The molecule has 0 radical (unpaired) electrons. The summed E-state index contributed by atoms with van der Waals surface area (Å²) in [4.78, 5) is 17.4. The number of amides is 1. The Morgan fingerprint density at radius 3 is 2.52 bits per heavy atom. The van der Waals surface area contributed by atoms with E-state index in [0.717, 1.165) is 17.1 Å². The van der Waals surface area contributed by atoms with E-state index in [-0.39, 0.29) is 11.8 Å². The molecule has 1 heterocycles. The van der Waals surface area contributed by atoms with E-state index in [1.165, 1.54) is 16.0 Å². The Balaban J connectivity index is 2.02. The van der Waals surface area contributed by atoms with Crippen molar-refractivity contribution in [1.82, 2.24) is 10.3 Å². The Morgan fingerprint density at radius 1 is 1.24 bits per heavy atom. The maximum Gasteiger partial charge on any atom is 0.222 e. The van der Waals surface area contributed by atoms with E-state index in [4.69, 9.17) is 0 Å². The van der Waals surface area contributed by atoms with Gasteiger partial charge < -0.3 is 5.32 Å². The van der Waals surface area contributed by atoms with Crippen LogP contribution in [0.15, 0.2) is 24.3 Å². The van der Waals surface area contributed by atoms with Crippen LogP contribution in [-0.4, -0.2) is 10.9 Å². The molecule has 0 bridgehead atoms. The summed E-state index contributed by atoms with van der Waals surface area (Å²) < 4.78 is 0. The SMILES string of the molecule is Cc1ccc(Cc2sc(CNC(=O)C(C)C)nc2C)cc1. The molecule has 0 aliphatic rings. The Labute approximate surface area is 130 Å². The fraction of sp³-hybridized carbons (Fsp3) is 0.412. The van der Waals surface area contributed by atoms with Gasteiger partial charge in [-0.1, -0.05) is 43.7 Å². The Bertz CT molecular complexity index is 614. The first kappa shape index (κ1) is 15.7. The lowest BCUT2D eigenvalue weighted by Crippen LogP contribution is -2.26. The van der Waals surface area contributed by atoms with Crippen molar-refractivity contribution in [3.63, 3.8) is 0 Å². The normalized spacial score (nSPS) is 10.9. The summed E-state index contributed by atoms with van der Waals surface area (Å²) in [6.45, 7) is 8.44. The van der Waals surface area contributed by atoms with Crippen molar-refractivity contribution in [1.29, 1.82) is 0 Å². The van der Waals surface area contributed by atoms with Gasteiger partial charge in [0.05, 0.1) is 12.2 Å². The van der Waals surface area contributed by atoms with Crippen LogP contribution in [0.2, 0.25) is 0 Å². The zero-order chi connectivity index (χ0) is 15.4. The van der Waals surface area contributed by atoms with E-state index >= 15 is 0 Å². The fourth-order valence-corrected chi connectivity index (χ4v) is 3.03. The molecule has 112 valence electrons. The molecule has 0 unspecified atom stereocenters. The largest absolute Gasteiger partial charge is 0.349 e. The molecule has 0 spiro atoms. The summed E-state index contributed by atoms with van der Waals surface area (Å²) in [5, 5.41) is 3.89. The molecule has 1 aromatic carbocycles. The molecule has 1 amide bonds. The molecule has 0 saturated carbocycles. The number of hydrogen-bond donors (Lipinski definition) is 1. The van der Waals surface area contributed by atoms with Crippen molar-refractivity contribution < 1.29 is 4.79 Å². The van der Waals surface area contributed by atoms with E-state index in [0.29, 0.717) is 6.54 Å². The maximum absolute atomic E-state index is 11.6. The van der Waals surface area contributed by atoms with Gasteiger partial charge in [-0.05, 0) is 19.4 Å². The lowest BCUT2D eigenvalue weighted by molar-refractivity contribution is -0.124. The van der Waals surface area contributed by atoms with Crippen molar-refractivity contribution in [3.05, 3.63) is 51.0 Å². The number of carbonyl (C=O) groups is 1. The highest BCUT2D eigenvalue weighted by Gasteiger charge is 2.11. The number of hydrogen-bond acceptors (Lipinski definition) is 3.